The molecule has 5 nitrogen and oxygen atoms in total. The van der Waals surface area contributed by atoms with E-state index < -0.39 is 5.97 Å². The molecule has 152 valence electrons. The van der Waals surface area contributed by atoms with Crippen LogP contribution in [0.25, 0.3) is 10.8 Å². The van der Waals surface area contributed by atoms with E-state index in [0.29, 0.717) is 5.56 Å². The number of carboxylic acids is 1. The molecule has 31 heavy (non-hydrogen) atoms. The van der Waals surface area contributed by atoms with Gasteiger partial charge >= 0.3 is 5.97 Å². The summed E-state index contributed by atoms with van der Waals surface area (Å²) in [4.78, 5) is 17.3. The van der Waals surface area contributed by atoms with Gasteiger partial charge in [0.2, 0.25) is 0 Å². The van der Waals surface area contributed by atoms with E-state index in [0.717, 1.165) is 42.0 Å². The first-order valence-corrected chi connectivity index (χ1v) is 11.0. The van der Waals surface area contributed by atoms with Gasteiger partial charge in [-0.25, -0.2) is 0 Å². The van der Waals surface area contributed by atoms with E-state index in [9.17, 15) is 15.2 Å². The Morgan fingerprint density at radius 1 is 1.06 bits per heavy atom. The van der Waals surface area contributed by atoms with Crippen molar-refractivity contribution in [2.24, 2.45) is 0 Å². The molecule has 0 aliphatic rings. The minimum Gasteiger partial charge on any atom is -0.481 e. The minimum absolute atomic E-state index is 0.0596. The zero-order valence-corrected chi connectivity index (χ0v) is 18.6. The van der Waals surface area contributed by atoms with E-state index in [1.54, 1.807) is 18.5 Å². The van der Waals surface area contributed by atoms with Crippen LogP contribution in [-0.2, 0) is 11.2 Å². The third-order valence-electron chi connectivity index (χ3n) is 4.68. The number of aliphatic carboxylic acids is 1. The highest BCUT2D eigenvalue weighted by Gasteiger charge is 2.13. The molecule has 1 heterocycles. The molecular weight excluding hydrogens is 474 g/mol. The third-order valence-corrected chi connectivity index (χ3v) is 6.37. The van der Waals surface area contributed by atoms with Gasteiger partial charge in [0.15, 0.2) is 0 Å². The maximum Gasteiger partial charge on any atom is 0.307 e. The van der Waals surface area contributed by atoms with Crippen molar-refractivity contribution < 1.29 is 9.90 Å². The molecule has 0 bridgehead atoms. The number of nitrogens with zero attached hydrogens (tertiary/aromatic N) is 2. The second-order valence-electron chi connectivity index (χ2n) is 6.74. The van der Waals surface area contributed by atoms with E-state index in [2.05, 4.69) is 32.3 Å². The Morgan fingerprint density at radius 3 is 2.65 bits per heavy atom. The van der Waals surface area contributed by atoms with Crippen LogP contribution in [0.3, 0.4) is 0 Å². The summed E-state index contributed by atoms with van der Waals surface area (Å²) in [5.74, 6) is -0.878. The molecule has 0 saturated carbocycles. The summed E-state index contributed by atoms with van der Waals surface area (Å²) in [6.07, 6.45) is 3.39. The number of anilines is 2. The molecule has 0 aliphatic heterocycles. The van der Waals surface area contributed by atoms with Crippen LogP contribution in [0.1, 0.15) is 11.1 Å². The summed E-state index contributed by atoms with van der Waals surface area (Å²) in [6.45, 7) is 0. The SMILES string of the molecule is N#Cc1ccc(Nc2cnccc2Sc2ccc(Br)cc2CC(=O)O)c2ccccc12. The summed E-state index contributed by atoms with van der Waals surface area (Å²) in [7, 11) is 0. The predicted molar refractivity (Wildman–Crippen MR) is 126 cm³/mol. The number of halogens is 1. The quantitative estimate of drug-likeness (QED) is 0.326. The number of hydrogen-bond acceptors (Lipinski definition) is 5. The fourth-order valence-electron chi connectivity index (χ4n) is 3.28. The van der Waals surface area contributed by atoms with Gasteiger partial charge in [0, 0.05) is 36.9 Å². The first kappa shape index (κ1) is 20.9. The monoisotopic (exact) mass is 489 g/mol. The molecule has 0 amide bonds. The molecular formula is C24H16BrN3O2S. The van der Waals surface area contributed by atoms with Crippen LogP contribution in [0.15, 0.2) is 87.3 Å². The molecule has 0 unspecified atom stereocenters. The Morgan fingerprint density at radius 2 is 1.87 bits per heavy atom. The van der Waals surface area contributed by atoms with Gasteiger partial charge in [-0.15, -0.1) is 0 Å². The maximum absolute atomic E-state index is 11.3. The molecule has 7 heteroatoms. The number of benzene rings is 3. The molecule has 2 N–H and O–H groups in total. The summed E-state index contributed by atoms with van der Waals surface area (Å²) < 4.78 is 0.838. The van der Waals surface area contributed by atoms with Crippen molar-refractivity contribution in [1.82, 2.24) is 4.98 Å². The Kier molecular flexibility index (Phi) is 6.21. The highest BCUT2D eigenvalue weighted by atomic mass is 79.9. The molecule has 3 aromatic carbocycles. The minimum atomic E-state index is -0.878. The summed E-state index contributed by atoms with van der Waals surface area (Å²) in [5, 5.41) is 23.9. The van der Waals surface area contributed by atoms with E-state index in [-0.39, 0.29) is 6.42 Å². The number of carbonyl (C=O) groups is 1. The standard InChI is InChI=1S/C24H16BrN3O2S/c25-17-6-8-22(16(11-17)12-24(29)30)31-23-9-10-27-14-21(23)28-20-7-5-15(13-26)18-3-1-2-4-19(18)20/h1-11,14,28H,12H2,(H,29,30). The van der Waals surface area contributed by atoms with Crippen LogP contribution in [0.4, 0.5) is 11.4 Å². The molecule has 0 fully saturated rings. The van der Waals surface area contributed by atoms with Crippen molar-refractivity contribution >= 4 is 55.8 Å². The van der Waals surface area contributed by atoms with Crippen LogP contribution in [-0.4, -0.2) is 16.1 Å². The zero-order valence-electron chi connectivity index (χ0n) is 16.2. The van der Waals surface area contributed by atoms with Crippen LogP contribution >= 0.6 is 27.7 Å². The molecule has 0 aliphatic carbocycles. The lowest BCUT2D eigenvalue weighted by Gasteiger charge is -2.15. The fraction of sp³-hybridized carbons (Fsp3) is 0.0417. The molecule has 4 rings (SSSR count). The van der Waals surface area contributed by atoms with E-state index in [1.807, 2.05) is 54.6 Å². The molecule has 0 atom stereocenters. The lowest BCUT2D eigenvalue weighted by Crippen LogP contribution is -2.02. The van der Waals surface area contributed by atoms with Crippen molar-refractivity contribution in [2.45, 2.75) is 16.2 Å². The van der Waals surface area contributed by atoms with Crippen molar-refractivity contribution in [3.8, 4) is 6.07 Å². The summed E-state index contributed by atoms with van der Waals surface area (Å²) in [5.41, 5.74) is 3.02. The van der Waals surface area contributed by atoms with E-state index in [1.165, 1.54) is 11.8 Å². The second kappa shape index (κ2) is 9.21. The van der Waals surface area contributed by atoms with Gasteiger partial charge in [0.25, 0.3) is 0 Å². The first-order chi connectivity index (χ1) is 15.0. The third kappa shape index (κ3) is 4.71. The van der Waals surface area contributed by atoms with Gasteiger partial charge in [0.05, 0.1) is 29.9 Å². The summed E-state index contributed by atoms with van der Waals surface area (Å²) >= 11 is 4.90. The van der Waals surface area contributed by atoms with Gasteiger partial charge in [-0.05, 0) is 42.0 Å². The molecule has 0 spiro atoms. The first-order valence-electron chi connectivity index (χ1n) is 9.36. The van der Waals surface area contributed by atoms with Crippen LogP contribution in [0, 0.1) is 11.3 Å². The molecule has 1 aromatic heterocycles. The number of hydrogen-bond donors (Lipinski definition) is 2. The highest BCUT2D eigenvalue weighted by Crippen LogP contribution is 2.38. The number of fused-ring (bicyclic) bond motifs is 1. The fourth-order valence-corrected chi connectivity index (χ4v) is 4.67. The largest absolute Gasteiger partial charge is 0.481 e. The Hall–Kier alpha value is -3.34. The van der Waals surface area contributed by atoms with Gasteiger partial charge in [-0.1, -0.05) is 52.0 Å². The van der Waals surface area contributed by atoms with E-state index >= 15 is 0 Å². The average molecular weight is 490 g/mol. The Labute approximate surface area is 191 Å². The lowest BCUT2D eigenvalue weighted by atomic mass is 10.0. The predicted octanol–water partition coefficient (Wildman–Crippen LogP) is 6.39. The number of pyridine rings is 1. The van der Waals surface area contributed by atoms with Crippen LogP contribution < -0.4 is 5.32 Å². The number of carboxylic acid groups (broad SMARTS) is 1. The maximum atomic E-state index is 11.3. The van der Waals surface area contributed by atoms with Crippen molar-refractivity contribution in [3.05, 3.63) is 88.7 Å². The topological polar surface area (TPSA) is 86.0 Å². The van der Waals surface area contributed by atoms with Gasteiger partial charge in [0.1, 0.15) is 0 Å². The number of aromatic nitrogens is 1. The van der Waals surface area contributed by atoms with Gasteiger partial charge < -0.3 is 10.4 Å². The van der Waals surface area contributed by atoms with Crippen molar-refractivity contribution in [2.75, 3.05) is 5.32 Å². The van der Waals surface area contributed by atoms with Crippen LogP contribution in [0.5, 0.6) is 0 Å². The number of nitriles is 1. The van der Waals surface area contributed by atoms with Crippen molar-refractivity contribution in [3.63, 3.8) is 0 Å². The number of nitrogens with one attached hydrogen (secondary N) is 1. The lowest BCUT2D eigenvalue weighted by molar-refractivity contribution is -0.136. The average Bonchev–Trinajstić information content (AvgIpc) is 2.76. The normalized spacial score (nSPS) is 10.6. The zero-order chi connectivity index (χ0) is 21.8. The smallest absolute Gasteiger partial charge is 0.307 e. The molecule has 0 saturated heterocycles. The van der Waals surface area contributed by atoms with Gasteiger partial charge in [-0.2, -0.15) is 5.26 Å². The number of rotatable bonds is 6. The van der Waals surface area contributed by atoms with E-state index in [4.69, 9.17) is 0 Å². The molecule has 4 aromatic rings. The Balaban J connectivity index is 1.71. The highest BCUT2D eigenvalue weighted by molar-refractivity contribution is 9.10. The van der Waals surface area contributed by atoms with Crippen LogP contribution in [0.2, 0.25) is 0 Å². The van der Waals surface area contributed by atoms with Gasteiger partial charge in [-0.3, -0.25) is 9.78 Å². The second-order valence-corrected chi connectivity index (χ2v) is 8.74. The summed E-state index contributed by atoms with van der Waals surface area (Å²) in [6, 6.07) is 21.2. The Bertz CT molecular complexity index is 1330. The molecule has 0 radical (unpaired) electrons. The van der Waals surface area contributed by atoms with Crippen molar-refractivity contribution in [1.29, 1.82) is 5.26 Å².